The number of para-hydroxylation sites is 1. The van der Waals surface area contributed by atoms with E-state index in [-0.39, 0.29) is 17.1 Å². The van der Waals surface area contributed by atoms with Gasteiger partial charge in [0.2, 0.25) is 5.91 Å². The first-order valence-corrected chi connectivity index (χ1v) is 11.7. The highest BCUT2D eigenvalue weighted by Crippen LogP contribution is 2.62. The number of rotatable bonds is 7. The molecule has 1 aromatic carbocycles. The lowest BCUT2D eigenvalue weighted by molar-refractivity contribution is -0.149. The Morgan fingerprint density at radius 1 is 1.13 bits per heavy atom. The van der Waals surface area contributed by atoms with Gasteiger partial charge in [-0.25, -0.2) is 4.98 Å². The molecule has 0 aliphatic heterocycles. The maximum absolute atomic E-state index is 13.3. The molecular weight excluding hydrogens is 388 g/mol. The standard InChI is InChI=1S/C26H32N2O3/c1-15(2)14-31-23-5-3-4-17-6-7-21(28-24(17)23)22(29)10-20-18-8-16-9-19(20)13-26(11-16,12-18)25(27)30/h3-7,15-16,18-20H,8-14H2,1-2H3,(H2,27,30). The Morgan fingerprint density at radius 2 is 1.87 bits per heavy atom. The summed E-state index contributed by atoms with van der Waals surface area (Å²) in [7, 11) is 0. The van der Waals surface area contributed by atoms with Crippen LogP contribution in [-0.2, 0) is 4.79 Å². The molecule has 5 heteroatoms. The van der Waals surface area contributed by atoms with Crippen molar-refractivity contribution in [2.45, 2.75) is 52.4 Å². The normalized spacial score (nSPS) is 31.3. The molecule has 4 saturated carbocycles. The van der Waals surface area contributed by atoms with Crippen LogP contribution in [0.1, 0.15) is 62.9 Å². The van der Waals surface area contributed by atoms with Crippen LogP contribution in [0.15, 0.2) is 30.3 Å². The van der Waals surface area contributed by atoms with E-state index in [0.717, 1.165) is 48.8 Å². The second kappa shape index (κ2) is 7.61. The molecule has 4 aliphatic carbocycles. The van der Waals surface area contributed by atoms with Crippen LogP contribution in [0.3, 0.4) is 0 Å². The third-order valence-electron chi connectivity index (χ3n) is 7.95. The summed E-state index contributed by atoms with van der Waals surface area (Å²) in [5.74, 6) is 2.96. The topological polar surface area (TPSA) is 82.3 Å². The van der Waals surface area contributed by atoms with Crippen LogP contribution in [0, 0.1) is 35.0 Å². The van der Waals surface area contributed by atoms with Gasteiger partial charge in [0.05, 0.1) is 6.61 Å². The van der Waals surface area contributed by atoms with E-state index in [2.05, 4.69) is 13.8 Å². The van der Waals surface area contributed by atoms with Crippen molar-refractivity contribution in [2.75, 3.05) is 6.61 Å². The number of nitrogens with two attached hydrogens (primary N) is 1. The van der Waals surface area contributed by atoms with Gasteiger partial charge in [-0.3, -0.25) is 9.59 Å². The van der Waals surface area contributed by atoms with Gasteiger partial charge in [-0.2, -0.15) is 0 Å². The van der Waals surface area contributed by atoms with E-state index < -0.39 is 0 Å². The number of fused-ring (bicyclic) bond motifs is 1. The third kappa shape index (κ3) is 3.62. The smallest absolute Gasteiger partial charge is 0.223 e. The molecule has 164 valence electrons. The van der Waals surface area contributed by atoms with Crippen molar-refractivity contribution in [3.05, 3.63) is 36.0 Å². The molecule has 0 radical (unpaired) electrons. The number of carbonyl (C=O) groups is 2. The molecular formula is C26H32N2O3. The predicted molar refractivity (Wildman–Crippen MR) is 120 cm³/mol. The zero-order valence-electron chi connectivity index (χ0n) is 18.5. The molecule has 1 aromatic heterocycles. The monoisotopic (exact) mass is 420 g/mol. The highest BCUT2D eigenvalue weighted by molar-refractivity contribution is 5.97. The molecule has 4 aliphatic rings. The maximum Gasteiger partial charge on any atom is 0.223 e. The number of Topliss-reactive ketones (excluding diaryl/α,β-unsaturated/α-hetero) is 1. The summed E-state index contributed by atoms with van der Waals surface area (Å²) in [5, 5.41) is 0.982. The Balaban J connectivity index is 1.36. The molecule has 1 heterocycles. The molecule has 2 atom stereocenters. The van der Waals surface area contributed by atoms with Gasteiger partial charge >= 0.3 is 0 Å². The number of hydrogen-bond acceptors (Lipinski definition) is 4. The Kier molecular flexibility index (Phi) is 5.03. The lowest BCUT2D eigenvalue weighted by Gasteiger charge is -2.58. The van der Waals surface area contributed by atoms with Gasteiger partial charge in [-0.05, 0) is 73.8 Å². The summed E-state index contributed by atoms with van der Waals surface area (Å²) < 4.78 is 5.96. The van der Waals surface area contributed by atoms with Crippen LogP contribution in [0.25, 0.3) is 10.9 Å². The zero-order valence-corrected chi connectivity index (χ0v) is 18.5. The number of hydrogen-bond donors (Lipinski definition) is 1. The molecule has 0 spiro atoms. The summed E-state index contributed by atoms with van der Waals surface area (Å²) >= 11 is 0. The summed E-state index contributed by atoms with van der Waals surface area (Å²) in [5.41, 5.74) is 6.78. The molecule has 5 nitrogen and oxygen atoms in total. The second-order valence-corrected chi connectivity index (χ2v) is 10.6. The molecule has 2 aromatic rings. The summed E-state index contributed by atoms with van der Waals surface area (Å²) in [6, 6.07) is 9.70. The average Bonchev–Trinajstić information content (AvgIpc) is 2.73. The van der Waals surface area contributed by atoms with Gasteiger partial charge in [0.25, 0.3) is 0 Å². The fraction of sp³-hybridized carbons (Fsp3) is 0.577. The van der Waals surface area contributed by atoms with Gasteiger partial charge in [-0.1, -0.05) is 32.0 Å². The Morgan fingerprint density at radius 3 is 2.55 bits per heavy atom. The Bertz CT molecular complexity index is 1010. The van der Waals surface area contributed by atoms with Crippen LogP contribution >= 0.6 is 0 Å². The van der Waals surface area contributed by atoms with Crippen LogP contribution in [0.5, 0.6) is 5.75 Å². The predicted octanol–water partition coefficient (Wildman–Crippen LogP) is 4.77. The highest BCUT2D eigenvalue weighted by Gasteiger charge is 2.57. The van der Waals surface area contributed by atoms with Crippen LogP contribution < -0.4 is 10.5 Å². The summed E-state index contributed by atoms with van der Waals surface area (Å²) in [4.78, 5) is 30.2. The van der Waals surface area contributed by atoms with E-state index in [9.17, 15) is 9.59 Å². The lowest BCUT2D eigenvalue weighted by atomic mass is 9.45. The van der Waals surface area contributed by atoms with Crippen molar-refractivity contribution in [3.8, 4) is 5.75 Å². The van der Waals surface area contributed by atoms with Crippen molar-refractivity contribution in [2.24, 2.45) is 40.7 Å². The Labute approximate surface area is 183 Å². The molecule has 0 saturated heterocycles. The number of aromatic nitrogens is 1. The molecule has 2 N–H and O–H groups in total. The number of amides is 1. The molecule has 1 amide bonds. The number of pyridine rings is 1. The largest absolute Gasteiger partial charge is 0.491 e. The number of ether oxygens (including phenoxy) is 1. The lowest BCUT2D eigenvalue weighted by Crippen LogP contribution is -2.56. The summed E-state index contributed by atoms with van der Waals surface area (Å²) in [6.07, 6.45) is 5.49. The van der Waals surface area contributed by atoms with Gasteiger partial charge in [0, 0.05) is 17.2 Å². The van der Waals surface area contributed by atoms with Crippen molar-refractivity contribution < 1.29 is 14.3 Å². The van der Waals surface area contributed by atoms with Crippen molar-refractivity contribution >= 4 is 22.6 Å². The quantitative estimate of drug-likeness (QED) is 0.654. The first kappa shape index (κ1) is 20.5. The first-order chi connectivity index (χ1) is 14.8. The number of carbonyl (C=O) groups excluding carboxylic acids is 2. The summed E-state index contributed by atoms with van der Waals surface area (Å²) in [6.45, 7) is 4.84. The maximum atomic E-state index is 13.3. The highest BCUT2D eigenvalue weighted by atomic mass is 16.5. The van der Waals surface area contributed by atoms with Crippen LogP contribution in [0.4, 0.5) is 0 Å². The van der Waals surface area contributed by atoms with E-state index in [0.29, 0.717) is 48.3 Å². The van der Waals surface area contributed by atoms with Gasteiger partial charge in [0.1, 0.15) is 17.0 Å². The zero-order chi connectivity index (χ0) is 21.8. The number of benzene rings is 1. The minimum Gasteiger partial charge on any atom is -0.491 e. The fourth-order valence-corrected chi connectivity index (χ4v) is 6.73. The third-order valence-corrected chi connectivity index (χ3v) is 7.95. The van der Waals surface area contributed by atoms with E-state index in [1.54, 1.807) is 0 Å². The van der Waals surface area contributed by atoms with Crippen molar-refractivity contribution in [3.63, 3.8) is 0 Å². The van der Waals surface area contributed by atoms with Crippen LogP contribution in [-0.4, -0.2) is 23.3 Å². The number of nitrogens with zero attached hydrogens (tertiary/aromatic N) is 1. The first-order valence-electron chi connectivity index (χ1n) is 11.7. The number of primary amides is 1. The minimum atomic E-state index is -0.306. The fourth-order valence-electron chi connectivity index (χ4n) is 6.73. The van der Waals surface area contributed by atoms with Gasteiger partial charge in [0.15, 0.2) is 5.78 Å². The minimum absolute atomic E-state index is 0.103. The molecule has 4 bridgehead atoms. The van der Waals surface area contributed by atoms with Crippen molar-refractivity contribution in [1.29, 1.82) is 0 Å². The van der Waals surface area contributed by atoms with E-state index in [1.165, 1.54) is 0 Å². The average molecular weight is 421 g/mol. The second-order valence-electron chi connectivity index (χ2n) is 10.6. The van der Waals surface area contributed by atoms with Crippen LogP contribution in [0.2, 0.25) is 0 Å². The molecule has 6 rings (SSSR count). The van der Waals surface area contributed by atoms with E-state index in [4.69, 9.17) is 15.5 Å². The van der Waals surface area contributed by atoms with Crippen molar-refractivity contribution in [1.82, 2.24) is 4.98 Å². The molecule has 4 fully saturated rings. The van der Waals surface area contributed by atoms with Gasteiger partial charge < -0.3 is 10.5 Å². The van der Waals surface area contributed by atoms with Gasteiger partial charge in [-0.15, -0.1) is 0 Å². The molecule has 31 heavy (non-hydrogen) atoms. The van der Waals surface area contributed by atoms with E-state index >= 15 is 0 Å². The number of ketones is 1. The Hall–Kier alpha value is -2.43. The molecule has 2 unspecified atom stereocenters. The van der Waals surface area contributed by atoms with E-state index in [1.807, 2.05) is 30.3 Å². The SMILES string of the molecule is CC(C)COc1cccc2ccc(C(=O)CC3C4CC5CC3CC(C(N)=O)(C5)C4)nc12.